The quantitative estimate of drug-likeness (QED) is 0.196. The number of esters is 1. The second-order valence-corrected chi connectivity index (χ2v) is 11.2. The van der Waals surface area contributed by atoms with Gasteiger partial charge in [0.05, 0.1) is 24.8 Å². The van der Waals surface area contributed by atoms with Gasteiger partial charge < -0.3 is 24.0 Å². The summed E-state index contributed by atoms with van der Waals surface area (Å²) in [6.07, 6.45) is 0.622. The standard InChI is InChI=1S/C33H37N3O6.2ClH/c1-5-40-31(38)20-30(37)36(22-24-7-9-25-8-6-23(21-34)18-26(25)19-24)27-10-12-28(13-11-27)41-29-14-16-35(17-15-29)32(39)42-33(2,3)4;;/h6-13,18-19,29H,5,14-17,20,22H2,1-4H3;2*1H. The van der Waals surface area contributed by atoms with Crippen LogP contribution in [0.1, 0.15) is 58.1 Å². The van der Waals surface area contributed by atoms with Gasteiger partial charge >= 0.3 is 12.1 Å². The predicted octanol–water partition coefficient (Wildman–Crippen LogP) is 6.82. The van der Waals surface area contributed by atoms with Crippen molar-refractivity contribution < 1.29 is 28.6 Å². The van der Waals surface area contributed by atoms with E-state index in [1.807, 2.05) is 51.1 Å². The van der Waals surface area contributed by atoms with E-state index in [0.717, 1.165) is 16.3 Å². The monoisotopic (exact) mass is 643 g/mol. The number of likely N-dealkylation sites (tertiary alicyclic amines) is 1. The van der Waals surface area contributed by atoms with Crippen LogP contribution in [0.2, 0.25) is 0 Å². The molecule has 236 valence electrons. The Labute approximate surface area is 270 Å². The van der Waals surface area contributed by atoms with Crippen molar-refractivity contribution in [2.24, 2.45) is 0 Å². The molecule has 2 amide bonds. The van der Waals surface area contributed by atoms with Crippen LogP contribution in [0.15, 0.2) is 60.7 Å². The second kappa shape index (κ2) is 16.2. The topological polar surface area (TPSA) is 109 Å². The van der Waals surface area contributed by atoms with Gasteiger partial charge in [-0.05, 0) is 86.5 Å². The van der Waals surface area contributed by atoms with Gasteiger partial charge in [-0.25, -0.2) is 4.79 Å². The van der Waals surface area contributed by atoms with E-state index < -0.39 is 11.6 Å². The summed E-state index contributed by atoms with van der Waals surface area (Å²) < 4.78 is 16.7. The summed E-state index contributed by atoms with van der Waals surface area (Å²) in [5.41, 5.74) is 1.49. The highest BCUT2D eigenvalue weighted by Gasteiger charge is 2.28. The van der Waals surface area contributed by atoms with E-state index in [9.17, 15) is 19.6 Å². The van der Waals surface area contributed by atoms with E-state index in [4.69, 9.17) is 14.2 Å². The number of carbonyl (C=O) groups is 3. The van der Waals surface area contributed by atoms with E-state index >= 15 is 0 Å². The smallest absolute Gasteiger partial charge is 0.410 e. The first-order chi connectivity index (χ1) is 20.0. The number of fused-ring (bicyclic) bond motifs is 1. The molecule has 0 unspecified atom stereocenters. The molecule has 3 aromatic rings. The summed E-state index contributed by atoms with van der Waals surface area (Å²) in [6, 6.07) is 20.7. The third kappa shape index (κ3) is 10.0. The maximum atomic E-state index is 13.3. The first-order valence-corrected chi connectivity index (χ1v) is 14.2. The van der Waals surface area contributed by atoms with Gasteiger partial charge in [0.1, 0.15) is 23.9 Å². The Hall–Kier alpha value is -4.00. The van der Waals surface area contributed by atoms with Crippen molar-refractivity contribution in [3.8, 4) is 11.8 Å². The molecule has 1 heterocycles. The Morgan fingerprint density at radius 2 is 1.61 bits per heavy atom. The number of amides is 2. The van der Waals surface area contributed by atoms with Crippen LogP contribution in [0.3, 0.4) is 0 Å². The number of nitrogens with zero attached hydrogens (tertiary/aromatic N) is 3. The van der Waals surface area contributed by atoms with E-state index in [2.05, 4.69) is 6.07 Å². The van der Waals surface area contributed by atoms with Crippen molar-refractivity contribution >= 4 is 59.2 Å². The molecule has 4 rings (SSSR count). The summed E-state index contributed by atoms with van der Waals surface area (Å²) in [5.74, 6) is -0.313. The largest absolute Gasteiger partial charge is 0.490 e. The Bertz CT molecular complexity index is 1480. The van der Waals surface area contributed by atoms with Gasteiger partial charge in [-0.3, -0.25) is 9.59 Å². The predicted molar refractivity (Wildman–Crippen MR) is 173 cm³/mol. The van der Waals surface area contributed by atoms with Crippen LogP contribution in [-0.2, 0) is 25.6 Å². The lowest BCUT2D eigenvalue weighted by Crippen LogP contribution is -2.44. The van der Waals surface area contributed by atoms with Crippen LogP contribution in [0, 0.1) is 11.3 Å². The lowest BCUT2D eigenvalue weighted by Gasteiger charge is -2.33. The highest BCUT2D eigenvalue weighted by molar-refractivity contribution is 6.03. The van der Waals surface area contributed by atoms with Crippen molar-refractivity contribution in [2.45, 2.75) is 65.2 Å². The first-order valence-electron chi connectivity index (χ1n) is 14.2. The summed E-state index contributed by atoms with van der Waals surface area (Å²) in [5, 5.41) is 11.2. The number of piperidine rings is 1. The Morgan fingerprint density at radius 3 is 2.23 bits per heavy atom. The number of hydrogen-bond donors (Lipinski definition) is 0. The molecule has 1 fully saturated rings. The van der Waals surface area contributed by atoms with Gasteiger partial charge in [0.25, 0.3) is 0 Å². The maximum absolute atomic E-state index is 13.3. The summed E-state index contributed by atoms with van der Waals surface area (Å²) in [4.78, 5) is 41.0. The minimum Gasteiger partial charge on any atom is -0.490 e. The molecule has 0 radical (unpaired) electrons. The van der Waals surface area contributed by atoms with Crippen LogP contribution < -0.4 is 9.64 Å². The fraction of sp³-hybridized carbons (Fsp3) is 0.394. The number of ether oxygens (including phenoxy) is 3. The summed E-state index contributed by atoms with van der Waals surface area (Å²) in [7, 11) is 0. The number of halogens is 2. The van der Waals surface area contributed by atoms with Crippen LogP contribution in [0.4, 0.5) is 10.5 Å². The van der Waals surface area contributed by atoms with Crippen molar-refractivity contribution in [1.82, 2.24) is 4.90 Å². The first kappa shape index (κ1) is 36.2. The maximum Gasteiger partial charge on any atom is 0.410 e. The van der Waals surface area contributed by atoms with Gasteiger partial charge in [0.15, 0.2) is 0 Å². The average Bonchev–Trinajstić information content (AvgIpc) is 2.95. The normalized spacial score (nSPS) is 13.1. The summed E-state index contributed by atoms with van der Waals surface area (Å²) in [6.45, 7) is 8.78. The van der Waals surface area contributed by atoms with E-state index in [-0.39, 0.29) is 62.5 Å². The van der Waals surface area contributed by atoms with E-state index in [1.165, 1.54) is 0 Å². The highest BCUT2D eigenvalue weighted by atomic mass is 35.5. The Morgan fingerprint density at radius 1 is 0.955 bits per heavy atom. The molecule has 0 bridgehead atoms. The van der Waals surface area contributed by atoms with Crippen LogP contribution in [-0.4, -0.2) is 54.3 Å². The minimum absolute atomic E-state index is 0. The van der Waals surface area contributed by atoms with Crippen molar-refractivity contribution in [3.63, 3.8) is 0 Å². The Balaban J connectivity index is 0.00000337. The molecule has 1 aliphatic heterocycles. The fourth-order valence-electron chi connectivity index (χ4n) is 4.78. The van der Waals surface area contributed by atoms with E-state index in [0.29, 0.717) is 42.9 Å². The van der Waals surface area contributed by atoms with Gasteiger partial charge in [0.2, 0.25) is 5.91 Å². The van der Waals surface area contributed by atoms with Gasteiger partial charge in [-0.15, -0.1) is 24.8 Å². The van der Waals surface area contributed by atoms with Gasteiger partial charge in [-0.1, -0.05) is 18.2 Å². The lowest BCUT2D eigenvalue weighted by molar-refractivity contribution is -0.145. The Kier molecular flexibility index (Phi) is 13.3. The molecule has 0 spiro atoms. The number of anilines is 1. The highest BCUT2D eigenvalue weighted by Crippen LogP contribution is 2.26. The van der Waals surface area contributed by atoms with Crippen molar-refractivity contribution in [2.75, 3.05) is 24.6 Å². The molecule has 1 saturated heterocycles. The lowest BCUT2D eigenvalue weighted by atomic mass is 10.0. The molecular weight excluding hydrogens is 605 g/mol. The number of rotatable bonds is 8. The third-order valence-electron chi connectivity index (χ3n) is 6.82. The molecule has 3 aromatic carbocycles. The number of hydrogen-bond acceptors (Lipinski definition) is 7. The number of carbonyl (C=O) groups excluding carboxylic acids is 3. The average molecular weight is 645 g/mol. The number of nitriles is 1. The van der Waals surface area contributed by atoms with E-state index in [1.54, 1.807) is 47.1 Å². The van der Waals surface area contributed by atoms with Crippen LogP contribution >= 0.6 is 24.8 Å². The van der Waals surface area contributed by atoms with Crippen LogP contribution in [0.25, 0.3) is 10.8 Å². The van der Waals surface area contributed by atoms with Gasteiger partial charge in [0, 0.05) is 31.6 Å². The van der Waals surface area contributed by atoms with Crippen molar-refractivity contribution in [3.05, 3.63) is 71.8 Å². The fourth-order valence-corrected chi connectivity index (χ4v) is 4.78. The van der Waals surface area contributed by atoms with Crippen LogP contribution in [0.5, 0.6) is 5.75 Å². The zero-order chi connectivity index (χ0) is 30.3. The second-order valence-electron chi connectivity index (χ2n) is 11.2. The van der Waals surface area contributed by atoms with Gasteiger partial charge in [-0.2, -0.15) is 5.26 Å². The zero-order valence-corrected chi connectivity index (χ0v) is 27.0. The third-order valence-corrected chi connectivity index (χ3v) is 6.82. The molecule has 0 aromatic heterocycles. The van der Waals surface area contributed by atoms with Crippen molar-refractivity contribution in [1.29, 1.82) is 5.26 Å². The summed E-state index contributed by atoms with van der Waals surface area (Å²) >= 11 is 0. The zero-order valence-electron chi connectivity index (χ0n) is 25.4. The molecule has 0 aliphatic carbocycles. The molecule has 1 aliphatic rings. The minimum atomic E-state index is -0.581. The molecule has 11 heteroatoms. The molecule has 0 N–H and O–H groups in total. The number of benzene rings is 3. The molecule has 44 heavy (non-hydrogen) atoms. The molecule has 9 nitrogen and oxygen atoms in total. The molecule has 0 saturated carbocycles. The SMILES string of the molecule is CCOC(=O)CC(=O)N(Cc1ccc2ccc(C#N)cc2c1)c1ccc(OC2CCN(C(=O)OC(C)(C)C)CC2)cc1.Cl.Cl. The molecule has 0 atom stereocenters. The molecular formula is C33H39Cl2N3O6.